The van der Waals surface area contributed by atoms with Gasteiger partial charge in [-0.05, 0) is 42.8 Å². The second kappa shape index (κ2) is 10.6. The monoisotopic (exact) mass is 396 g/mol. The second-order valence-electron chi connectivity index (χ2n) is 7.46. The van der Waals surface area contributed by atoms with Gasteiger partial charge in [0.25, 0.3) is 5.91 Å². The molecule has 0 saturated carbocycles. The van der Waals surface area contributed by atoms with Crippen molar-refractivity contribution < 1.29 is 19.2 Å². The molecule has 3 N–H and O–H groups in total. The second-order valence-corrected chi connectivity index (χ2v) is 7.46. The largest absolute Gasteiger partial charge is 0.457 e. The molecule has 2 amide bonds. The molecule has 2 aromatic carbocycles. The van der Waals surface area contributed by atoms with Crippen molar-refractivity contribution in [1.29, 1.82) is 0 Å². The number of piperidine rings is 1. The first-order chi connectivity index (χ1) is 14.1. The number of carbonyl (C=O) groups is 2. The number of hydrogen-bond acceptors (Lipinski definition) is 3. The fraction of sp³-hybridized carbons (Fsp3) is 0.391. The molecule has 1 saturated heterocycles. The van der Waals surface area contributed by atoms with E-state index in [0.29, 0.717) is 11.3 Å². The Morgan fingerprint density at radius 2 is 1.66 bits per heavy atom. The summed E-state index contributed by atoms with van der Waals surface area (Å²) in [5.74, 6) is 0.991. The minimum Gasteiger partial charge on any atom is -0.457 e. The van der Waals surface area contributed by atoms with E-state index in [0.717, 1.165) is 31.7 Å². The molecular weight excluding hydrogens is 366 g/mol. The molecule has 0 aliphatic carbocycles. The van der Waals surface area contributed by atoms with Crippen LogP contribution >= 0.6 is 0 Å². The van der Waals surface area contributed by atoms with Crippen molar-refractivity contribution in [3.63, 3.8) is 0 Å². The van der Waals surface area contributed by atoms with Gasteiger partial charge in [0, 0.05) is 24.4 Å². The molecule has 3 rings (SSSR count). The molecule has 154 valence electrons. The Hall–Kier alpha value is -2.86. The molecule has 0 aromatic heterocycles. The van der Waals surface area contributed by atoms with Gasteiger partial charge in [0.15, 0.2) is 0 Å². The molecule has 0 atom stereocenters. The molecule has 1 heterocycles. The first-order valence-electron chi connectivity index (χ1n) is 10.4. The van der Waals surface area contributed by atoms with Crippen molar-refractivity contribution in [2.24, 2.45) is 0 Å². The summed E-state index contributed by atoms with van der Waals surface area (Å²) in [6, 6.07) is 16.6. The first-order valence-corrected chi connectivity index (χ1v) is 10.4. The average Bonchev–Trinajstić information content (AvgIpc) is 2.75. The standard InChI is InChI=1S/C23H29N3O3/c1-2-14-26-15-12-19(13-16-26)25-22(27)17-24-23(28)18-8-10-21(11-9-18)29-20-6-4-3-5-7-20/h3-11,19H,2,12-17H2,1H3,(H,24,28)(H,25,27)/p+1. The molecule has 6 nitrogen and oxygen atoms in total. The van der Waals surface area contributed by atoms with E-state index in [9.17, 15) is 9.59 Å². The Labute approximate surface area is 172 Å². The lowest BCUT2D eigenvalue weighted by molar-refractivity contribution is -0.905. The van der Waals surface area contributed by atoms with E-state index in [1.54, 1.807) is 29.2 Å². The minimum atomic E-state index is -0.270. The lowest BCUT2D eigenvalue weighted by atomic mass is 10.0. The summed E-state index contributed by atoms with van der Waals surface area (Å²) in [7, 11) is 0. The zero-order valence-electron chi connectivity index (χ0n) is 16.9. The number of quaternary nitrogens is 1. The Bertz CT molecular complexity index is 785. The fourth-order valence-corrected chi connectivity index (χ4v) is 3.61. The molecular formula is C23H30N3O3+. The van der Waals surface area contributed by atoms with Crippen LogP contribution in [0.15, 0.2) is 54.6 Å². The summed E-state index contributed by atoms with van der Waals surface area (Å²) in [4.78, 5) is 26.1. The summed E-state index contributed by atoms with van der Waals surface area (Å²) in [5.41, 5.74) is 0.495. The number of likely N-dealkylation sites (tertiary alicyclic amines) is 1. The van der Waals surface area contributed by atoms with Gasteiger partial charge in [0.05, 0.1) is 26.2 Å². The van der Waals surface area contributed by atoms with Crippen LogP contribution in [0.1, 0.15) is 36.5 Å². The number of nitrogens with one attached hydrogen (secondary N) is 3. The molecule has 1 fully saturated rings. The highest BCUT2D eigenvalue weighted by Gasteiger charge is 2.22. The SMILES string of the molecule is CCC[NH+]1CCC(NC(=O)CNC(=O)c2ccc(Oc3ccccc3)cc2)CC1. The van der Waals surface area contributed by atoms with Crippen molar-refractivity contribution in [3.8, 4) is 11.5 Å². The van der Waals surface area contributed by atoms with Crippen LogP contribution < -0.4 is 20.3 Å². The molecule has 0 unspecified atom stereocenters. The van der Waals surface area contributed by atoms with E-state index in [-0.39, 0.29) is 24.4 Å². The van der Waals surface area contributed by atoms with Crippen molar-refractivity contribution >= 4 is 11.8 Å². The maximum Gasteiger partial charge on any atom is 0.251 e. The number of amides is 2. The highest BCUT2D eigenvalue weighted by Crippen LogP contribution is 2.21. The maximum absolute atomic E-state index is 12.3. The smallest absolute Gasteiger partial charge is 0.251 e. The molecule has 29 heavy (non-hydrogen) atoms. The summed E-state index contributed by atoms with van der Waals surface area (Å²) >= 11 is 0. The van der Waals surface area contributed by atoms with Gasteiger partial charge in [-0.3, -0.25) is 9.59 Å². The zero-order chi connectivity index (χ0) is 20.5. The van der Waals surface area contributed by atoms with Gasteiger partial charge in [-0.15, -0.1) is 0 Å². The van der Waals surface area contributed by atoms with E-state index in [1.807, 2.05) is 30.3 Å². The number of hydrogen-bond donors (Lipinski definition) is 3. The maximum atomic E-state index is 12.3. The van der Waals surface area contributed by atoms with Crippen LogP contribution in [0.3, 0.4) is 0 Å². The highest BCUT2D eigenvalue weighted by molar-refractivity contribution is 5.96. The summed E-state index contributed by atoms with van der Waals surface area (Å²) in [6.07, 6.45) is 3.19. The van der Waals surface area contributed by atoms with Gasteiger partial charge < -0.3 is 20.3 Å². The van der Waals surface area contributed by atoms with Gasteiger partial charge in [-0.1, -0.05) is 25.1 Å². The first kappa shape index (κ1) is 20.9. The molecule has 0 spiro atoms. The van der Waals surface area contributed by atoms with Gasteiger partial charge in [-0.25, -0.2) is 0 Å². The van der Waals surface area contributed by atoms with Crippen LogP contribution in [-0.2, 0) is 4.79 Å². The third kappa shape index (κ3) is 6.61. The van der Waals surface area contributed by atoms with Gasteiger partial charge in [0.2, 0.25) is 5.91 Å². The quantitative estimate of drug-likeness (QED) is 0.637. The Morgan fingerprint density at radius 3 is 2.31 bits per heavy atom. The van der Waals surface area contributed by atoms with E-state index in [4.69, 9.17) is 4.74 Å². The number of ether oxygens (including phenoxy) is 1. The molecule has 0 radical (unpaired) electrons. The number of carbonyl (C=O) groups excluding carboxylic acids is 2. The Balaban J connectivity index is 1.40. The summed E-state index contributed by atoms with van der Waals surface area (Å²) in [5, 5.41) is 5.73. The van der Waals surface area contributed by atoms with Crippen molar-refractivity contribution in [2.45, 2.75) is 32.2 Å². The third-order valence-corrected chi connectivity index (χ3v) is 5.17. The normalized spacial score (nSPS) is 18.7. The fourth-order valence-electron chi connectivity index (χ4n) is 3.61. The topological polar surface area (TPSA) is 71.9 Å². The third-order valence-electron chi connectivity index (χ3n) is 5.17. The number of rotatable bonds is 8. The van der Waals surface area contributed by atoms with Gasteiger partial charge in [-0.2, -0.15) is 0 Å². The molecule has 2 aromatic rings. The van der Waals surface area contributed by atoms with Gasteiger partial charge in [0.1, 0.15) is 11.5 Å². The summed E-state index contributed by atoms with van der Waals surface area (Å²) < 4.78 is 5.72. The molecule has 1 aliphatic rings. The Morgan fingerprint density at radius 1 is 1.00 bits per heavy atom. The van der Waals surface area contributed by atoms with Crippen LogP contribution in [-0.4, -0.2) is 44.0 Å². The van der Waals surface area contributed by atoms with Crippen LogP contribution in [0.25, 0.3) is 0 Å². The van der Waals surface area contributed by atoms with Crippen LogP contribution in [0.5, 0.6) is 11.5 Å². The van der Waals surface area contributed by atoms with E-state index < -0.39 is 0 Å². The predicted octanol–water partition coefficient (Wildman–Crippen LogP) is 1.78. The number of para-hydroxylation sites is 1. The van der Waals surface area contributed by atoms with Crippen molar-refractivity contribution in [2.75, 3.05) is 26.2 Å². The van der Waals surface area contributed by atoms with E-state index in [2.05, 4.69) is 17.6 Å². The van der Waals surface area contributed by atoms with Crippen LogP contribution in [0.2, 0.25) is 0 Å². The molecule has 6 heteroatoms. The lowest BCUT2D eigenvalue weighted by Crippen LogP contribution is -3.13. The number of benzene rings is 2. The molecule has 0 bridgehead atoms. The van der Waals surface area contributed by atoms with E-state index in [1.165, 1.54) is 13.0 Å². The van der Waals surface area contributed by atoms with Crippen molar-refractivity contribution in [3.05, 3.63) is 60.2 Å². The summed E-state index contributed by atoms with van der Waals surface area (Å²) in [6.45, 7) is 5.59. The van der Waals surface area contributed by atoms with Gasteiger partial charge >= 0.3 is 0 Å². The van der Waals surface area contributed by atoms with Crippen LogP contribution in [0, 0.1) is 0 Å². The van der Waals surface area contributed by atoms with Crippen LogP contribution in [0.4, 0.5) is 0 Å². The highest BCUT2D eigenvalue weighted by atomic mass is 16.5. The average molecular weight is 397 g/mol. The Kier molecular flexibility index (Phi) is 7.64. The van der Waals surface area contributed by atoms with E-state index >= 15 is 0 Å². The lowest BCUT2D eigenvalue weighted by Gasteiger charge is -2.29. The predicted molar refractivity (Wildman–Crippen MR) is 112 cm³/mol. The van der Waals surface area contributed by atoms with Crippen molar-refractivity contribution in [1.82, 2.24) is 10.6 Å². The zero-order valence-corrected chi connectivity index (χ0v) is 16.9. The molecule has 1 aliphatic heterocycles. The minimum absolute atomic E-state index is 0.0108.